The summed E-state index contributed by atoms with van der Waals surface area (Å²) in [7, 11) is -2.72. The Morgan fingerprint density at radius 2 is 2.00 bits per heavy atom. The molecule has 0 spiro atoms. The molecule has 0 bridgehead atoms. The van der Waals surface area contributed by atoms with E-state index in [0.717, 1.165) is 12.1 Å². The molecule has 0 fully saturated rings. The van der Waals surface area contributed by atoms with Crippen molar-refractivity contribution in [2.24, 2.45) is 0 Å². The average molecular weight is 418 g/mol. The maximum atomic E-state index is 13.9. The van der Waals surface area contributed by atoms with Crippen LogP contribution in [0.1, 0.15) is 0 Å². The molecule has 10 heteroatoms. The van der Waals surface area contributed by atoms with Crippen LogP contribution in [-0.4, -0.2) is 25.5 Å². The van der Waals surface area contributed by atoms with Crippen molar-refractivity contribution >= 4 is 42.7 Å². The van der Waals surface area contributed by atoms with E-state index >= 15 is 0 Å². The standard InChI is InChI=1S/C14H10BrF2N3O3S/c1-23-13-3-2-7-12(6-18-14(7)19-13)24(21,22)20-11-5-9(16)8(15)4-10(11)17/h2-6,20H,1H3,(H,18,19). The van der Waals surface area contributed by atoms with Gasteiger partial charge in [0.15, 0.2) is 0 Å². The molecule has 6 nitrogen and oxygen atoms in total. The summed E-state index contributed by atoms with van der Waals surface area (Å²) in [6, 6.07) is 4.60. The maximum absolute atomic E-state index is 13.9. The first kappa shape index (κ1) is 16.7. The number of methoxy groups -OCH3 is 1. The second kappa shape index (κ2) is 6.02. The molecule has 3 aromatic rings. The van der Waals surface area contributed by atoms with E-state index in [-0.39, 0.29) is 15.0 Å². The molecule has 0 radical (unpaired) electrons. The van der Waals surface area contributed by atoms with E-state index in [4.69, 9.17) is 4.74 Å². The number of hydrogen-bond acceptors (Lipinski definition) is 4. The van der Waals surface area contributed by atoms with Gasteiger partial charge in [0.05, 0.1) is 17.3 Å². The Morgan fingerprint density at radius 3 is 2.71 bits per heavy atom. The number of H-pyrrole nitrogens is 1. The third kappa shape index (κ3) is 2.94. The number of benzene rings is 1. The largest absolute Gasteiger partial charge is 0.481 e. The van der Waals surface area contributed by atoms with Crippen molar-refractivity contribution in [2.75, 3.05) is 11.8 Å². The van der Waals surface area contributed by atoms with Gasteiger partial charge in [0.25, 0.3) is 10.0 Å². The Hall–Kier alpha value is -2.20. The van der Waals surface area contributed by atoms with Crippen molar-refractivity contribution < 1.29 is 21.9 Å². The fraction of sp³-hybridized carbons (Fsp3) is 0.0714. The van der Waals surface area contributed by atoms with Crippen LogP contribution in [0.3, 0.4) is 0 Å². The smallest absolute Gasteiger partial charge is 0.264 e. The van der Waals surface area contributed by atoms with Crippen LogP contribution in [-0.2, 0) is 10.0 Å². The normalized spacial score (nSPS) is 11.7. The first-order valence-corrected chi connectivity index (χ1v) is 8.79. The number of nitrogens with one attached hydrogen (secondary N) is 2. The molecule has 0 aliphatic rings. The molecule has 1 aromatic carbocycles. The van der Waals surface area contributed by atoms with E-state index in [2.05, 4.69) is 25.9 Å². The molecule has 0 saturated heterocycles. The summed E-state index contributed by atoms with van der Waals surface area (Å²) in [6.45, 7) is 0. The van der Waals surface area contributed by atoms with Crippen LogP contribution < -0.4 is 9.46 Å². The van der Waals surface area contributed by atoms with E-state index in [0.29, 0.717) is 11.3 Å². The summed E-state index contributed by atoms with van der Waals surface area (Å²) >= 11 is 2.83. The molecule has 2 heterocycles. The van der Waals surface area contributed by atoms with Crippen molar-refractivity contribution in [1.82, 2.24) is 9.97 Å². The quantitative estimate of drug-likeness (QED) is 0.637. The van der Waals surface area contributed by atoms with Gasteiger partial charge in [-0.1, -0.05) is 0 Å². The lowest BCUT2D eigenvalue weighted by atomic mass is 10.3. The van der Waals surface area contributed by atoms with Crippen LogP contribution in [0.4, 0.5) is 14.5 Å². The van der Waals surface area contributed by atoms with Gasteiger partial charge in [0, 0.05) is 23.7 Å². The molecule has 126 valence electrons. The minimum Gasteiger partial charge on any atom is -0.481 e. The summed E-state index contributed by atoms with van der Waals surface area (Å²) in [4.78, 5) is 6.63. The fourth-order valence-electron chi connectivity index (χ4n) is 2.10. The van der Waals surface area contributed by atoms with E-state index < -0.39 is 27.3 Å². The summed E-state index contributed by atoms with van der Waals surface area (Å²) < 4.78 is 59.3. The zero-order valence-corrected chi connectivity index (χ0v) is 14.5. The molecule has 0 saturated carbocycles. The van der Waals surface area contributed by atoms with Gasteiger partial charge in [-0.05, 0) is 28.1 Å². The lowest BCUT2D eigenvalue weighted by molar-refractivity contribution is 0.399. The third-order valence-electron chi connectivity index (χ3n) is 3.23. The molecule has 0 unspecified atom stereocenters. The second-order valence-corrected chi connectivity index (χ2v) is 7.26. The molecule has 2 aromatic heterocycles. The zero-order valence-electron chi connectivity index (χ0n) is 12.1. The van der Waals surface area contributed by atoms with Gasteiger partial charge in [-0.3, -0.25) is 4.72 Å². The first-order valence-electron chi connectivity index (χ1n) is 6.51. The number of halogens is 3. The first-order chi connectivity index (χ1) is 11.3. The Kier molecular flexibility index (Phi) is 4.18. The van der Waals surface area contributed by atoms with E-state index in [1.165, 1.54) is 25.4 Å². The van der Waals surface area contributed by atoms with Crippen molar-refractivity contribution in [2.45, 2.75) is 4.90 Å². The predicted octanol–water partition coefficient (Wildman–Crippen LogP) is 3.41. The monoisotopic (exact) mass is 417 g/mol. The Labute approximate surface area is 144 Å². The molecule has 0 atom stereocenters. The second-order valence-electron chi connectivity index (χ2n) is 4.75. The van der Waals surface area contributed by atoms with Gasteiger partial charge in [-0.25, -0.2) is 17.2 Å². The van der Waals surface area contributed by atoms with Crippen LogP contribution in [0, 0.1) is 11.6 Å². The minimum atomic E-state index is -4.15. The zero-order chi connectivity index (χ0) is 17.5. The van der Waals surface area contributed by atoms with Gasteiger partial charge < -0.3 is 9.72 Å². The molecule has 0 aliphatic heterocycles. The van der Waals surface area contributed by atoms with Crippen LogP contribution in [0.5, 0.6) is 5.88 Å². The topological polar surface area (TPSA) is 84.1 Å². The molecule has 0 aliphatic carbocycles. The minimum absolute atomic E-state index is 0.105. The average Bonchev–Trinajstić information content (AvgIpc) is 2.96. The van der Waals surface area contributed by atoms with Crippen molar-refractivity contribution in [3.05, 3.63) is 46.6 Å². The van der Waals surface area contributed by atoms with E-state index in [1.54, 1.807) is 0 Å². The highest BCUT2D eigenvalue weighted by atomic mass is 79.9. The van der Waals surface area contributed by atoms with Crippen LogP contribution >= 0.6 is 15.9 Å². The van der Waals surface area contributed by atoms with Crippen LogP contribution in [0.2, 0.25) is 0 Å². The SMILES string of the molecule is COc1ccc2c(S(=O)(=O)Nc3cc(F)c(Br)cc3F)c[nH]c2n1. The van der Waals surface area contributed by atoms with Crippen molar-refractivity contribution in [3.8, 4) is 5.88 Å². The number of rotatable bonds is 4. The predicted molar refractivity (Wildman–Crippen MR) is 87.5 cm³/mol. The van der Waals surface area contributed by atoms with E-state index in [1.807, 2.05) is 4.72 Å². The Bertz CT molecular complexity index is 1040. The lowest BCUT2D eigenvalue weighted by Gasteiger charge is -2.09. The van der Waals surface area contributed by atoms with Crippen molar-refractivity contribution in [1.29, 1.82) is 0 Å². The van der Waals surface area contributed by atoms with Crippen LogP contribution in [0.25, 0.3) is 11.0 Å². The molecule has 3 rings (SSSR count). The summed E-state index contributed by atoms with van der Waals surface area (Å²) in [5, 5.41) is 0.293. The lowest BCUT2D eigenvalue weighted by Crippen LogP contribution is -2.14. The summed E-state index contributed by atoms with van der Waals surface area (Å²) in [6.07, 6.45) is 1.21. The number of sulfonamides is 1. The van der Waals surface area contributed by atoms with Gasteiger partial charge in [0.2, 0.25) is 5.88 Å². The number of fused-ring (bicyclic) bond motifs is 1. The maximum Gasteiger partial charge on any atom is 0.264 e. The molecular formula is C14H10BrF2N3O3S. The molecule has 0 amide bonds. The number of aromatic amines is 1. The van der Waals surface area contributed by atoms with Gasteiger partial charge in [0.1, 0.15) is 22.2 Å². The summed E-state index contributed by atoms with van der Waals surface area (Å²) in [5.74, 6) is -1.40. The fourth-order valence-corrected chi connectivity index (χ4v) is 3.64. The highest BCUT2D eigenvalue weighted by Gasteiger charge is 2.22. The van der Waals surface area contributed by atoms with Gasteiger partial charge in [-0.2, -0.15) is 4.98 Å². The Morgan fingerprint density at radius 1 is 1.25 bits per heavy atom. The Balaban J connectivity index is 2.04. The molecule has 2 N–H and O–H groups in total. The number of ether oxygens (including phenoxy) is 1. The van der Waals surface area contributed by atoms with Crippen LogP contribution in [0.15, 0.2) is 39.8 Å². The highest BCUT2D eigenvalue weighted by molar-refractivity contribution is 9.10. The number of pyridine rings is 1. The van der Waals surface area contributed by atoms with Gasteiger partial charge in [-0.15, -0.1) is 0 Å². The number of hydrogen-bond donors (Lipinski definition) is 2. The molecule has 24 heavy (non-hydrogen) atoms. The van der Waals surface area contributed by atoms with Gasteiger partial charge >= 0.3 is 0 Å². The number of anilines is 1. The highest BCUT2D eigenvalue weighted by Crippen LogP contribution is 2.28. The molecular weight excluding hydrogens is 408 g/mol. The van der Waals surface area contributed by atoms with E-state index in [9.17, 15) is 17.2 Å². The van der Waals surface area contributed by atoms with Crippen molar-refractivity contribution in [3.63, 3.8) is 0 Å². The number of nitrogens with zero attached hydrogens (tertiary/aromatic N) is 1. The third-order valence-corrected chi connectivity index (χ3v) is 5.24. The number of aromatic nitrogens is 2. The summed E-state index contributed by atoms with van der Waals surface area (Å²) in [5.41, 5.74) is -0.205.